The van der Waals surface area contributed by atoms with E-state index in [2.05, 4.69) is 6.07 Å². The molecule has 0 saturated heterocycles. The molecule has 1 aromatic rings. The molecule has 0 aromatic heterocycles. The Hall–Kier alpha value is -3.61. The average Bonchev–Trinajstić information content (AvgIpc) is 3.22. The number of amides is 1. The second-order valence-electron chi connectivity index (χ2n) is 7.12. The van der Waals surface area contributed by atoms with Gasteiger partial charge in [0.1, 0.15) is 5.54 Å². The van der Waals surface area contributed by atoms with Gasteiger partial charge in [-0.05, 0) is 25.0 Å². The molecule has 0 spiro atoms. The topological polar surface area (TPSA) is 132 Å². The van der Waals surface area contributed by atoms with E-state index in [1.807, 2.05) is 0 Å². The molecule has 1 saturated carbocycles. The number of carbonyl (C=O) groups excluding carboxylic acids is 2. The molecule has 0 N–H and O–H groups in total. The highest BCUT2D eigenvalue weighted by Crippen LogP contribution is 2.38. The molecule has 1 amide bonds. The van der Waals surface area contributed by atoms with E-state index in [0.717, 1.165) is 25.3 Å². The van der Waals surface area contributed by atoms with Crippen molar-refractivity contribution in [3.63, 3.8) is 0 Å². The van der Waals surface area contributed by atoms with Gasteiger partial charge >= 0.3 is 5.97 Å². The number of esters is 1. The maximum atomic E-state index is 12.4. The van der Waals surface area contributed by atoms with Crippen molar-refractivity contribution in [2.45, 2.75) is 37.6 Å². The maximum Gasteiger partial charge on any atom is 0.331 e. The number of nitrogens with zero attached hydrogens (tertiary/aromatic N) is 3. The number of hydrogen-bond donors (Lipinski definition) is 0. The largest absolute Gasteiger partial charge is 0.454 e. The van der Waals surface area contributed by atoms with E-state index in [1.54, 1.807) is 0 Å². The summed E-state index contributed by atoms with van der Waals surface area (Å²) in [6, 6.07) is 4.85. The van der Waals surface area contributed by atoms with Crippen LogP contribution in [0.2, 0.25) is 0 Å². The lowest BCUT2D eigenvalue weighted by Crippen LogP contribution is -2.51. The van der Waals surface area contributed by atoms with E-state index in [1.165, 1.54) is 30.2 Å². The number of hydrogen-bond acceptors (Lipinski definition) is 8. The average molecular weight is 415 g/mol. The van der Waals surface area contributed by atoms with Crippen molar-refractivity contribution in [2.75, 3.05) is 20.4 Å². The highest BCUT2D eigenvalue weighted by Gasteiger charge is 2.38. The molecule has 10 heteroatoms. The van der Waals surface area contributed by atoms with Crippen LogP contribution < -0.4 is 9.47 Å². The molecule has 0 radical (unpaired) electrons. The lowest BCUT2D eigenvalue weighted by molar-refractivity contribution is -0.385. The molecule has 3 rings (SSSR count). The highest BCUT2D eigenvalue weighted by atomic mass is 16.7. The van der Waals surface area contributed by atoms with E-state index in [9.17, 15) is 25.0 Å². The summed E-state index contributed by atoms with van der Waals surface area (Å²) in [5.41, 5.74) is -0.993. The number of nitriles is 1. The zero-order chi connectivity index (χ0) is 21.7. The van der Waals surface area contributed by atoms with Crippen LogP contribution in [-0.4, -0.2) is 47.7 Å². The predicted molar refractivity (Wildman–Crippen MR) is 103 cm³/mol. The van der Waals surface area contributed by atoms with Gasteiger partial charge < -0.3 is 19.1 Å². The van der Waals surface area contributed by atoms with Crippen molar-refractivity contribution in [1.29, 1.82) is 5.26 Å². The van der Waals surface area contributed by atoms with Gasteiger partial charge in [0.15, 0.2) is 18.1 Å². The number of fused-ring (bicyclic) bond motifs is 1. The summed E-state index contributed by atoms with van der Waals surface area (Å²) in [5.74, 6) is -0.725. The van der Waals surface area contributed by atoms with E-state index < -0.39 is 28.9 Å². The minimum atomic E-state index is -0.870. The van der Waals surface area contributed by atoms with Gasteiger partial charge in [0.25, 0.3) is 11.6 Å². The summed E-state index contributed by atoms with van der Waals surface area (Å²) in [5, 5.41) is 20.8. The van der Waals surface area contributed by atoms with Gasteiger partial charge in [-0.25, -0.2) is 4.79 Å². The van der Waals surface area contributed by atoms with E-state index >= 15 is 0 Å². The smallest absolute Gasteiger partial charge is 0.331 e. The van der Waals surface area contributed by atoms with Gasteiger partial charge in [0.05, 0.1) is 22.6 Å². The molecular formula is C20H21N3O7. The SMILES string of the molecule is CN(C(=O)COC(=O)/C=C/c1cc2c(cc1[N+](=O)[O-])OCO2)C1(C#N)CCCCC1. The fourth-order valence-electron chi connectivity index (χ4n) is 3.57. The molecule has 30 heavy (non-hydrogen) atoms. The monoisotopic (exact) mass is 415 g/mol. The van der Waals surface area contributed by atoms with Gasteiger partial charge in [0.2, 0.25) is 6.79 Å². The third-order valence-electron chi connectivity index (χ3n) is 5.36. The Morgan fingerprint density at radius 3 is 2.60 bits per heavy atom. The summed E-state index contributed by atoms with van der Waals surface area (Å²) in [7, 11) is 1.54. The molecule has 10 nitrogen and oxygen atoms in total. The summed E-state index contributed by atoms with van der Waals surface area (Å²) >= 11 is 0. The lowest BCUT2D eigenvalue weighted by atomic mass is 9.81. The summed E-state index contributed by atoms with van der Waals surface area (Å²) in [4.78, 5) is 36.4. The number of rotatable bonds is 6. The van der Waals surface area contributed by atoms with Crippen LogP contribution in [0.5, 0.6) is 11.5 Å². The van der Waals surface area contributed by atoms with Crippen molar-refractivity contribution >= 4 is 23.6 Å². The Bertz CT molecular complexity index is 929. The summed E-state index contributed by atoms with van der Waals surface area (Å²) in [6.45, 7) is -0.562. The first kappa shape index (κ1) is 21.1. The number of nitro groups is 1. The Balaban J connectivity index is 1.62. The fourth-order valence-corrected chi connectivity index (χ4v) is 3.57. The van der Waals surface area contributed by atoms with Crippen molar-refractivity contribution in [3.05, 3.63) is 33.9 Å². The Kier molecular flexibility index (Phi) is 6.20. The highest BCUT2D eigenvalue weighted by molar-refractivity contribution is 5.90. The number of likely N-dealkylation sites (N-methyl/N-ethyl adjacent to an activating group) is 1. The summed E-state index contributed by atoms with van der Waals surface area (Å²) in [6.07, 6.45) is 6.15. The minimum Gasteiger partial charge on any atom is -0.454 e. The van der Waals surface area contributed by atoms with Crippen LogP contribution in [0.25, 0.3) is 6.08 Å². The first-order valence-electron chi connectivity index (χ1n) is 9.47. The molecule has 0 bridgehead atoms. The third kappa shape index (κ3) is 4.35. The number of carbonyl (C=O) groups is 2. The Morgan fingerprint density at radius 1 is 1.30 bits per heavy atom. The van der Waals surface area contributed by atoms with Crippen LogP contribution >= 0.6 is 0 Å². The third-order valence-corrected chi connectivity index (χ3v) is 5.36. The molecule has 1 aliphatic heterocycles. The van der Waals surface area contributed by atoms with Crippen molar-refractivity contribution < 1.29 is 28.7 Å². The maximum absolute atomic E-state index is 12.4. The quantitative estimate of drug-likeness (QED) is 0.300. The molecule has 1 fully saturated rings. The first-order valence-corrected chi connectivity index (χ1v) is 9.47. The summed E-state index contributed by atoms with van der Waals surface area (Å²) < 4.78 is 15.3. The molecule has 0 atom stereocenters. The number of benzene rings is 1. The standard InChI is InChI=1S/C20H21N3O7/c1-22(20(12-21)7-3-2-4-8-20)18(24)11-28-19(25)6-5-14-9-16-17(30-13-29-16)10-15(14)23(26)27/h5-6,9-10H,2-4,7-8,11,13H2,1H3/b6-5+. The predicted octanol–water partition coefficient (Wildman–Crippen LogP) is 2.56. The van der Waals surface area contributed by atoms with Gasteiger partial charge in [0, 0.05) is 13.1 Å². The van der Waals surface area contributed by atoms with E-state index in [-0.39, 0.29) is 23.8 Å². The van der Waals surface area contributed by atoms with Crippen LogP contribution in [0.3, 0.4) is 0 Å². The number of nitro benzene ring substituents is 1. The van der Waals surface area contributed by atoms with E-state index in [0.29, 0.717) is 18.6 Å². The van der Waals surface area contributed by atoms with Crippen molar-refractivity contribution in [1.82, 2.24) is 4.90 Å². The molecule has 2 aliphatic rings. The molecule has 1 heterocycles. The Morgan fingerprint density at radius 2 is 1.97 bits per heavy atom. The molecule has 0 unspecified atom stereocenters. The molecule has 1 aliphatic carbocycles. The number of ether oxygens (including phenoxy) is 3. The van der Waals surface area contributed by atoms with Gasteiger partial charge in [-0.2, -0.15) is 5.26 Å². The normalized spacial score (nSPS) is 16.7. The molecule has 158 valence electrons. The Labute approximate surface area is 172 Å². The van der Waals surface area contributed by atoms with Crippen molar-refractivity contribution in [3.8, 4) is 17.6 Å². The minimum absolute atomic E-state index is 0.0402. The van der Waals surface area contributed by atoms with Gasteiger partial charge in [-0.3, -0.25) is 14.9 Å². The van der Waals surface area contributed by atoms with Gasteiger partial charge in [-0.15, -0.1) is 0 Å². The van der Waals surface area contributed by atoms with Crippen molar-refractivity contribution in [2.24, 2.45) is 0 Å². The first-order chi connectivity index (χ1) is 14.4. The molecular weight excluding hydrogens is 394 g/mol. The fraction of sp³-hybridized carbons (Fsp3) is 0.450. The van der Waals surface area contributed by atoms with Gasteiger partial charge in [-0.1, -0.05) is 19.3 Å². The van der Waals surface area contributed by atoms with Crippen LogP contribution in [0.4, 0.5) is 5.69 Å². The van der Waals surface area contributed by atoms with Crippen LogP contribution in [0, 0.1) is 21.4 Å². The van der Waals surface area contributed by atoms with Crippen LogP contribution in [0.1, 0.15) is 37.7 Å². The van der Waals surface area contributed by atoms with Crippen LogP contribution in [0.15, 0.2) is 18.2 Å². The lowest BCUT2D eigenvalue weighted by Gasteiger charge is -2.38. The zero-order valence-corrected chi connectivity index (χ0v) is 16.5. The van der Waals surface area contributed by atoms with Crippen LogP contribution in [-0.2, 0) is 14.3 Å². The second kappa shape index (κ2) is 8.82. The zero-order valence-electron chi connectivity index (χ0n) is 16.5. The second-order valence-corrected chi connectivity index (χ2v) is 7.12. The van der Waals surface area contributed by atoms with E-state index in [4.69, 9.17) is 14.2 Å². The molecule has 1 aromatic carbocycles.